The van der Waals surface area contributed by atoms with Crippen molar-refractivity contribution in [3.8, 4) is 0 Å². The van der Waals surface area contributed by atoms with Gasteiger partial charge in [0.2, 0.25) is 0 Å². The molecule has 7 heteroatoms. The van der Waals surface area contributed by atoms with Gasteiger partial charge in [-0.15, -0.1) is 0 Å². The van der Waals surface area contributed by atoms with E-state index in [1.807, 2.05) is 6.92 Å². The van der Waals surface area contributed by atoms with Crippen LogP contribution >= 0.6 is 23.4 Å². The first-order valence-electron chi connectivity index (χ1n) is 4.69. The Bertz CT molecular complexity index is 421. The van der Waals surface area contributed by atoms with E-state index in [9.17, 15) is 13.2 Å². The van der Waals surface area contributed by atoms with E-state index >= 15 is 0 Å². The minimum atomic E-state index is -4.49. The molecule has 0 aromatic heterocycles. The summed E-state index contributed by atoms with van der Waals surface area (Å²) >= 11 is 6.67. The third-order valence-electron chi connectivity index (χ3n) is 1.82. The maximum atomic E-state index is 12.5. The Morgan fingerprint density at radius 2 is 2.12 bits per heavy atom. The van der Waals surface area contributed by atoms with E-state index in [0.29, 0.717) is 5.75 Å². The molecule has 1 aromatic rings. The number of nitrogens with one attached hydrogen (secondary N) is 2. The van der Waals surface area contributed by atoms with Crippen molar-refractivity contribution in [1.29, 1.82) is 5.41 Å². The van der Waals surface area contributed by atoms with Gasteiger partial charge in [-0.05, 0) is 24.0 Å². The molecule has 0 amide bonds. The van der Waals surface area contributed by atoms with Crippen LogP contribution in [-0.4, -0.2) is 10.9 Å². The number of rotatable bonds is 2. The van der Waals surface area contributed by atoms with Crippen molar-refractivity contribution in [1.82, 2.24) is 0 Å². The second kappa shape index (κ2) is 5.64. The highest BCUT2D eigenvalue weighted by molar-refractivity contribution is 8.14. The molecule has 0 spiro atoms. The van der Waals surface area contributed by atoms with Crippen LogP contribution in [0.25, 0.3) is 0 Å². The van der Waals surface area contributed by atoms with Crippen LogP contribution in [0, 0.1) is 5.41 Å². The van der Waals surface area contributed by atoms with Gasteiger partial charge in [-0.2, -0.15) is 13.2 Å². The van der Waals surface area contributed by atoms with Crippen LogP contribution in [0.3, 0.4) is 0 Å². The van der Waals surface area contributed by atoms with Gasteiger partial charge in [0.15, 0.2) is 5.17 Å². The quantitative estimate of drug-likeness (QED) is 0.620. The Balaban J connectivity index is 2.93. The van der Waals surface area contributed by atoms with Crippen LogP contribution in [0.5, 0.6) is 0 Å². The molecule has 1 rings (SSSR count). The topological polar surface area (TPSA) is 35.9 Å². The number of benzene rings is 1. The Kier molecular flexibility index (Phi) is 4.70. The van der Waals surface area contributed by atoms with Crippen LogP contribution in [0.2, 0.25) is 5.02 Å². The summed E-state index contributed by atoms with van der Waals surface area (Å²) in [6.45, 7) is 1.85. The molecule has 2 N–H and O–H groups in total. The standard InChI is InChI=1S/C10H10ClF3N2S/c1-2-17-9(15)16-6-3-4-8(11)7(5-6)10(12,13)14/h3-5H,2H2,1H3,(H2,15,16). The lowest BCUT2D eigenvalue weighted by atomic mass is 10.2. The van der Waals surface area contributed by atoms with E-state index in [1.165, 1.54) is 17.8 Å². The molecule has 0 aliphatic heterocycles. The predicted molar refractivity (Wildman–Crippen MR) is 65.9 cm³/mol. The van der Waals surface area contributed by atoms with Crippen LogP contribution in [0.4, 0.5) is 18.9 Å². The number of halogens is 4. The number of hydrogen-bond acceptors (Lipinski definition) is 2. The van der Waals surface area contributed by atoms with Crippen LogP contribution in [0.1, 0.15) is 12.5 Å². The number of anilines is 1. The predicted octanol–water partition coefficient (Wildman–Crippen LogP) is 4.46. The average Bonchev–Trinajstić information content (AvgIpc) is 2.19. The molecule has 0 unspecified atom stereocenters. The van der Waals surface area contributed by atoms with Crippen molar-refractivity contribution in [2.45, 2.75) is 13.1 Å². The number of alkyl halides is 3. The van der Waals surface area contributed by atoms with Gasteiger partial charge >= 0.3 is 6.18 Å². The molecule has 0 saturated heterocycles. The van der Waals surface area contributed by atoms with Crippen LogP contribution in [-0.2, 0) is 6.18 Å². The molecular formula is C10H10ClF3N2S. The lowest BCUT2D eigenvalue weighted by Gasteiger charge is -2.12. The van der Waals surface area contributed by atoms with E-state index in [0.717, 1.165) is 12.1 Å². The minimum Gasteiger partial charge on any atom is -0.335 e. The summed E-state index contributed by atoms with van der Waals surface area (Å²) in [6.07, 6.45) is -4.49. The zero-order valence-electron chi connectivity index (χ0n) is 8.86. The van der Waals surface area contributed by atoms with Crippen LogP contribution < -0.4 is 5.32 Å². The van der Waals surface area contributed by atoms with Crippen molar-refractivity contribution < 1.29 is 13.2 Å². The fraction of sp³-hybridized carbons (Fsp3) is 0.300. The zero-order chi connectivity index (χ0) is 13.1. The highest BCUT2D eigenvalue weighted by Crippen LogP contribution is 2.36. The maximum Gasteiger partial charge on any atom is 0.417 e. The lowest BCUT2D eigenvalue weighted by molar-refractivity contribution is -0.137. The number of thioether (sulfide) groups is 1. The van der Waals surface area contributed by atoms with E-state index in [4.69, 9.17) is 17.0 Å². The molecule has 0 aliphatic rings. The Labute approximate surface area is 106 Å². The minimum absolute atomic E-state index is 0.1000. The molecule has 2 nitrogen and oxygen atoms in total. The molecule has 0 aliphatic carbocycles. The Morgan fingerprint density at radius 3 is 2.65 bits per heavy atom. The van der Waals surface area contributed by atoms with Gasteiger partial charge < -0.3 is 5.32 Å². The second-order valence-electron chi connectivity index (χ2n) is 3.08. The summed E-state index contributed by atoms with van der Waals surface area (Å²) in [7, 11) is 0. The maximum absolute atomic E-state index is 12.5. The summed E-state index contributed by atoms with van der Waals surface area (Å²) in [6, 6.07) is 3.46. The van der Waals surface area contributed by atoms with Gasteiger partial charge in [0.05, 0.1) is 10.6 Å². The molecule has 0 saturated carbocycles. The van der Waals surface area contributed by atoms with E-state index < -0.39 is 11.7 Å². The highest BCUT2D eigenvalue weighted by Gasteiger charge is 2.33. The van der Waals surface area contributed by atoms with Gasteiger partial charge in [0.1, 0.15) is 0 Å². The summed E-state index contributed by atoms with van der Waals surface area (Å²) in [5, 5.41) is 9.76. The SMILES string of the molecule is CCSC(=N)Nc1ccc(Cl)c(C(F)(F)F)c1. The monoisotopic (exact) mass is 282 g/mol. The summed E-state index contributed by atoms with van der Waals surface area (Å²) < 4.78 is 37.6. The summed E-state index contributed by atoms with van der Waals surface area (Å²) in [5.74, 6) is 0.672. The summed E-state index contributed by atoms with van der Waals surface area (Å²) in [5.41, 5.74) is -0.703. The van der Waals surface area contributed by atoms with E-state index in [2.05, 4.69) is 5.32 Å². The van der Waals surface area contributed by atoms with Gasteiger partial charge in [-0.3, -0.25) is 5.41 Å². The first kappa shape index (κ1) is 14.2. The Hall–Kier alpha value is -0.880. The Morgan fingerprint density at radius 1 is 1.47 bits per heavy atom. The highest BCUT2D eigenvalue weighted by atomic mass is 35.5. The molecule has 1 aromatic carbocycles. The first-order valence-corrected chi connectivity index (χ1v) is 6.06. The molecule has 0 fully saturated rings. The van der Waals surface area contributed by atoms with Gasteiger partial charge in [0, 0.05) is 5.69 Å². The molecular weight excluding hydrogens is 273 g/mol. The largest absolute Gasteiger partial charge is 0.417 e. The molecule has 17 heavy (non-hydrogen) atoms. The van der Waals surface area contributed by atoms with Crippen LogP contribution in [0.15, 0.2) is 18.2 Å². The third kappa shape index (κ3) is 4.12. The van der Waals surface area contributed by atoms with Gasteiger partial charge in [-0.25, -0.2) is 0 Å². The molecule has 0 bridgehead atoms. The van der Waals surface area contributed by atoms with Crippen molar-refractivity contribution >= 4 is 34.2 Å². The normalized spacial score (nSPS) is 11.4. The first-order chi connectivity index (χ1) is 7.84. The molecule has 0 radical (unpaired) electrons. The summed E-state index contributed by atoms with van der Waals surface area (Å²) in [4.78, 5) is 0. The fourth-order valence-corrected chi connectivity index (χ4v) is 1.84. The molecule has 0 atom stereocenters. The fourth-order valence-electron chi connectivity index (χ4n) is 1.13. The lowest BCUT2D eigenvalue weighted by Crippen LogP contribution is -2.10. The van der Waals surface area contributed by atoms with E-state index in [1.54, 1.807) is 0 Å². The van der Waals surface area contributed by atoms with Crippen molar-refractivity contribution in [3.05, 3.63) is 28.8 Å². The third-order valence-corrected chi connectivity index (χ3v) is 2.83. The molecule has 0 heterocycles. The zero-order valence-corrected chi connectivity index (χ0v) is 10.4. The number of hydrogen-bond donors (Lipinski definition) is 2. The number of amidine groups is 1. The van der Waals surface area contributed by atoms with Gasteiger partial charge in [0.25, 0.3) is 0 Å². The van der Waals surface area contributed by atoms with Crippen molar-refractivity contribution in [3.63, 3.8) is 0 Å². The molecule has 94 valence electrons. The second-order valence-corrected chi connectivity index (χ2v) is 4.76. The van der Waals surface area contributed by atoms with Crippen molar-refractivity contribution in [2.75, 3.05) is 11.1 Å². The van der Waals surface area contributed by atoms with Gasteiger partial charge in [-0.1, -0.05) is 30.3 Å². The smallest absolute Gasteiger partial charge is 0.335 e. The van der Waals surface area contributed by atoms with E-state index in [-0.39, 0.29) is 15.9 Å². The van der Waals surface area contributed by atoms with Crippen molar-refractivity contribution in [2.24, 2.45) is 0 Å². The average molecular weight is 283 g/mol.